The highest BCUT2D eigenvalue weighted by Gasteiger charge is 2.38. The Kier molecular flexibility index (Phi) is 3.61. The highest BCUT2D eigenvalue weighted by atomic mass is 79.9. The van der Waals surface area contributed by atoms with Crippen molar-refractivity contribution in [3.8, 4) is 0 Å². The minimum absolute atomic E-state index is 0.163. The van der Waals surface area contributed by atoms with Gasteiger partial charge in [0.05, 0.1) is 15.5 Å². The third-order valence-corrected chi connectivity index (χ3v) is 4.99. The Hall–Kier alpha value is -0.900. The Morgan fingerprint density at radius 2 is 2.05 bits per heavy atom. The van der Waals surface area contributed by atoms with Crippen LogP contribution in [0, 0.1) is 11.7 Å². The van der Waals surface area contributed by atoms with Crippen molar-refractivity contribution < 1.29 is 4.39 Å². The summed E-state index contributed by atoms with van der Waals surface area (Å²) in [5.41, 5.74) is 1.81. The molecule has 3 rings (SSSR count). The van der Waals surface area contributed by atoms with Crippen LogP contribution < -0.4 is 0 Å². The zero-order chi connectivity index (χ0) is 14.3. The lowest BCUT2D eigenvalue weighted by molar-refractivity contribution is 0.332. The molecule has 0 atom stereocenters. The van der Waals surface area contributed by atoms with Gasteiger partial charge in [-0.05, 0) is 47.2 Å². The summed E-state index contributed by atoms with van der Waals surface area (Å²) in [7, 11) is 0. The molecule has 1 saturated carbocycles. The van der Waals surface area contributed by atoms with Gasteiger partial charge in [-0.1, -0.05) is 26.7 Å². The van der Waals surface area contributed by atoms with E-state index in [4.69, 9.17) is 4.98 Å². The van der Waals surface area contributed by atoms with Crippen LogP contribution in [0.1, 0.15) is 51.8 Å². The second-order valence-corrected chi connectivity index (χ2v) is 7.31. The molecule has 1 heterocycles. The van der Waals surface area contributed by atoms with Crippen LogP contribution in [0.4, 0.5) is 4.39 Å². The number of nitrogens with zero attached hydrogens (tertiary/aromatic N) is 1. The fourth-order valence-corrected chi connectivity index (χ4v) is 3.96. The summed E-state index contributed by atoms with van der Waals surface area (Å²) >= 11 is 3.23. The molecule has 2 aromatic rings. The maximum Gasteiger partial charge on any atom is 0.139 e. The second kappa shape index (κ2) is 5.14. The predicted octanol–water partition coefficient (Wildman–Crippen LogP) is 5.32. The minimum Gasteiger partial charge on any atom is -0.341 e. The number of benzene rings is 1. The van der Waals surface area contributed by atoms with Gasteiger partial charge in [0.2, 0.25) is 0 Å². The van der Waals surface area contributed by atoms with Gasteiger partial charge in [-0.3, -0.25) is 0 Å². The number of hydrogen-bond acceptors (Lipinski definition) is 1. The van der Waals surface area contributed by atoms with E-state index in [0.717, 1.165) is 23.3 Å². The number of hydrogen-bond donors (Lipinski definition) is 1. The first-order valence-corrected chi connectivity index (χ1v) is 8.15. The predicted molar refractivity (Wildman–Crippen MR) is 83.4 cm³/mol. The van der Waals surface area contributed by atoms with Gasteiger partial charge in [0.1, 0.15) is 11.6 Å². The molecule has 0 aliphatic heterocycles. The largest absolute Gasteiger partial charge is 0.341 e. The van der Waals surface area contributed by atoms with Crippen LogP contribution >= 0.6 is 15.9 Å². The smallest absolute Gasteiger partial charge is 0.139 e. The molecule has 20 heavy (non-hydrogen) atoms. The van der Waals surface area contributed by atoms with E-state index in [1.807, 2.05) is 0 Å². The summed E-state index contributed by atoms with van der Waals surface area (Å²) < 4.78 is 14.1. The zero-order valence-corrected chi connectivity index (χ0v) is 13.6. The number of imidazole rings is 1. The van der Waals surface area contributed by atoms with E-state index in [0.29, 0.717) is 10.4 Å². The van der Waals surface area contributed by atoms with E-state index in [1.54, 1.807) is 6.07 Å². The molecule has 0 radical (unpaired) electrons. The fraction of sp³-hybridized carbons (Fsp3) is 0.562. The molecule has 0 unspecified atom stereocenters. The quantitative estimate of drug-likeness (QED) is 0.805. The van der Waals surface area contributed by atoms with E-state index in [9.17, 15) is 4.39 Å². The molecule has 0 saturated heterocycles. The van der Waals surface area contributed by atoms with Crippen molar-refractivity contribution in [3.63, 3.8) is 0 Å². The van der Waals surface area contributed by atoms with Gasteiger partial charge in [0, 0.05) is 11.5 Å². The number of nitrogens with one attached hydrogen (secondary N) is 1. The fourth-order valence-electron chi connectivity index (χ4n) is 3.63. The number of aromatic nitrogens is 2. The normalized spacial score (nSPS) is 18.2. The molecule has 0 amide bonds. The second-order valence-electron chi connectivity index (χ2n) is 6.45. The molecule has 1 fully saturated rings. The minimum atomic E-state index is -0.239. The monoisotopic (exact) mass is 338 g/mol. The van der Waals surface area contributed by atoms with Gasteiger partial charge in [-0.2, -0.15) is 0 Å². The molecule has 1 N–H and O–H groups in total. The SMILES string of the molecule is CC(C)CC1(c2nc3cc(Br)c(F)cc3[nH]2)CCCC1. The summed E-state index contributed by atoms with van der Waals surface area (Å²) in [6.07, 6.45) is 6.06. The van der Waals surface area contributed by atoms with Gasteiger partial charge in [-0.15, -0.1) is 0 Å². The molecule has 1 aliphatic carbocycles. The van der Waals surface area contributed by atoms with Crippen molar-refractivity contribution in [2.45, 2.75) is 51.4 Å². The molecule has 1 aliphatic rings. The lowest BCUT2D eigenvalue weighted by atomic mass is 9.78. The van der Waals surface area contributed by atoms with Gasteiger partial charge in [0.15, 0.2) is 0 Å². The zero-order valence-electron chi connectivity index (χ0n) is 12.0. The van der Waals surface area contributed by atoms with E-state index in [1.165, 1.54) is 31.7 Å². The molecule has 2 nitrogen and oxygen atoms in total. The van der Waals surface area contributed by atoms with Crippen LogP contribution in [0.15, 0.2) is 16.6 Å². The first-order valence-electron chi connectivity index (χ1n) is 7.35. The molecule has 108 valence electrons. The Morgan fingerprint density at radius 1 is 1.35 bits per heavy atom. The molecule has 4 heteroatoms. The molecular formula is C16H20BrFN2. The van der Waals surface area contributed by atoms with Crippen molar-refractivity contribution in [1.82, 2.24) is 9.97 Å². The highest BCUT2D eigenvalue weighted by molar-refractivity contribution is 9.10. The van der Waals surface area contributed by atoms with E-state index >= 15 is 0 Å². The summed E-state index contributed by atoms with van der Waals surface area (Å²) in [4.78, 5) is 8.15. The summed E-state index contributed by atoms with van der Waals surface area (Å²) in [5, 5.41) is 0. The third-order valence-electron chi connectivity index (χ3n) is 4.39. The molecule has 0 bridgehead atoms. The van der Waals surface area contributed by atoms with Crippen molar-refractivity contribution in [3.05, 3.63) is 28.2 Å². The van der Waals surface area contributed by atoms with Crippen LogP contribution in [0.25, 0.3) is 11.0 Å². The van der Waals surface area contributed by atoms with Crippen molar-refractivity contribution in [1.29, 1.82) is 0 Å². The molecular weight excluding hydrogens is 319 g/mol. The van der Waals surface area contributed by atoms with Crippen molar-refractivity contribution >= 4 is 27.0 Å². The van der Waals surface area contributed by atoms with Crippen LogP contribution in [-0.2, 0) is 5.41 Å². The Balaban J connectivity index is 2.07. The molecule has 1 aromatic heterocycles. The van der Waals surface area contributed by atoms with Gasteiger partial charge >= 0.3 is 0 Å². The number of H-pyrrole nitrogens is 1. The molecule has 0 spiro atoms. The highest BCUT2D eigenvalue weighted by Crippen LogP contribution is 2.45. The summed E-state index contributed by atoms with van der Waals surface area (Å²) in [5.74, 6) is 1.46. The summed E-state index contributed by atoms with van der Waals surface area (Å²) in [6, 6.07) is 3.30. The van der Waals surface area contributed by atoms with E-state index in [2.05, 4.69) is 34.8 Å². The Bertz CT molecular complexity index is 588. The summed E-state index contributed by atoms with van der Waals surface area (Å²) in [6.45, 7) is 4.53. The van der Waals surface area contributed by atoms with E-state index < -0.39 is 0 Å². The number of aromatic amines is 1. The van der Waals surface area contributed by atoms with Crippen LogP contribution in [-0.4, -0.2) is 9.97 Å². The third kappa shape index (κ3) is 2.39. The lowest BCUT2D eigenvalue weighted by Crippen LogP contribution is -2.25. The first kappa shape index (κ1) is 14.1. The maximum atomic E-state index is 13.6. The van der Waals surface area contributed by atoms with Gasteiger partial charge < -0.3 is 4.98 Å². The number of fused-ring (bicyclic) bond motifs is 1. The molecule has 1 aromatic carbocycles. The van der Waals surface area contributed by atoms with Crippen LogP contribution in [0.5, 0.6) is 0 Å². The van der Waals surface area contributed by atoms with Gasteiger partial charge in [0.25, 0.3) is 0 Å². The Labute approximate surface area is 127 Å². The van der Waals surface area contributed by atoms with Crippen molar-refractivity contribution in [2.24, 2.45) is 5.92 Å². The van der Waals surface area contributed by atoms with Crippen LogP contribution in [0.2, 0.25) is 0 Å². The number of halogens is 2. The standard InChI is InChI=1S/C16H20BrFN2/c1-10(2)9-16(5-3-4-6-16)15-19-13-7-11(17)12(18)8-14(13)20-15/h7-8,10H,3-6,9H2,1-2H3,(H,19,20). The van der Waals surface area contributed by atoms with E-state index in [-0.39, 0.29) is 11.2 Å². The maximum absolute atomic E-state index is 13.6. The lowest BCUT2D eigenvalue weighted by Gasteiger charge is -2.28. The topological polar surface area (TPSA) is 28.7 Å². The average Bonchev–Trinajstić information content (AvgIpc) is 2.97. The Morgan fingerprint density at radius 3 is 2.70 bits per heavy atom. The van der Waals surface area contributed by atoms with Gasteiger partial charge in [-0.25, -0.2) is 9.37 Å². The number of rotatable bonds is 3. The van der Waals surface area contributed by atoms with Crippen molar-refractivity contribution in [2.75, 3.05) is 0 Å². The van der Waals surface area contributed by atoms with Crippen LogP contribution in [0.3, 0.4) is 0 Å². The first-order chi connectivity index (χ1) is 9.50. The average molecular weight is 339 g/mol.